The van der Waals surface area contributed by atoms with E-state index in [-0.39, 0.29) is 11.4 Å². The summed E-state index contributed by atoms with van der Waals surface area (Å²) in [6.45, 7) is 0. The molecule has 1 fully saturated rings. The van der Waals surface area contributed by atoms with Crippen LogP contribution in [0.25, 0.3) is 11.3 Å². The number of non-ortho nitro benzene ring substituents is 1. The van der Waals surface area contributed by atoms with Crippen molar-refractivity contribution in [3.63, 3.8) is 0 Å². The minimum absolute atomic E-state index is 0.0444. The highest BCUT2D eigenvalue weighted by Gasteiger charge is 2.43. The van der Waals surface area contributed by atoms with Crippen molar-refractivity contribution in [1.82, 2.24) is 10.3 Å². The van der Waals surface area contributed by atoms with Gasteiger partial charge in [0.05, 0.1) is 35.7 Å². The first-order valence-corrected chi connectivity index (χ1v) is 14.0. The monoisotopic (exact) mass is 565 g/mol. The highest BCUT2D eigenvalue weighted by molar-refractivity contribution is 7.92. The molecule has 0 aliphatic carbocycles. The molecule has 2 aromatic heterocycles. The van der Waals surface area contributed by atoms with E-state index in [4.69, 9.17) is 21.4 Å². The Morgan fingerprint density at radius 1 is 1.13 bits per heavy atom. The highest BCUT2D eigenvalue weighted by atomic mass is 32.2. The van der Waals surface area contributed by atoms with Crippen molar-refractivity contribution < 1.29 is 22.5 Å². The van der Waals surface area contributed by atoms with Crippen LogP contribution in [-0.4, -0.2) is 36.8 Å². The molecule has 1 saturated heterocycles. The fourth-order valence-corrected chi connectivity index (χ4v) is 5.39. The van der Waals surface area contributed by atoms with E-state index in [9.17, 15) is 18.5 Å². The molecule has 0 unspecified atom stereocenters. The van der Waals surface area contributed by atoms with Crippen LogP contribution in [0, 0.1) is 10.1 Å². The summed E-state index contributed by atoms with van der Waals surface area (Å²) in [6, 6.07) is 19.4. The maximum Gasteiger partial charge on any atom is 0.270 e. The second-order valence-electron chi connectivity index (χ2n) is 8.76. The maximum atomic E-state index is 11.8. The van der Waals surface area contributed by atoms with Crippen molar-refractivity contribution in [3.05, 3.63) is 101 Å². The van der Waals surface area contributed by atoms with Gasteiger partial charge in [0.1, 0.15) is 23.3 Å². The van der Waals surface area contributed by atoms with Crippen LogP contribution in [0.3, 0.4) is 0 Å². The van der Waals surface area contributed by atoms with E-state index in [2.05, 4.69) is 15.0 Å². The fourth-order valence-electron chi connectivity index (χ4n) is 4.48. The number of rotatable bonds is 8. The Morgan fingerprint density at radius 2 is 1.95 bits per heavy atom. The Hall–Kier alpha value is -4.49. The van der Waals surface area contributed by atoms with Crippen LogP contribution in [0.1, 0.15) is 23.5 Å². The topological polar surface area (TPSA) is 140 Å². The highest BCUT2D eigenvalue weighted by Crippen LogP contribution is 2.44. The fraction of sp³-hybridized carbons (Fsp3) is 0.154. The van der Waals surface area contributed by atoms with Crippen molar-refractivity contribution in [2.45, 2.75) is 12.1 Å². The Balaban J connectivity index is 1.59. The molecule has 1 aliphatic heterocycles. The SMILES string of the molecule is COc1cc(N2C(=S)N[C@@H](c3ccccn3)[C@@H]2c2ccc(-c3cccc([N+](=O)[O-])c3)o2)ccc1NS(C)(=O)=O. The van der Waals surface area contributed by atoms with Gasteiger partial charge < -0.3 is 19.4 Å². The number of anilines is 2. The van der Waals surface area contributed by atoms with Gasteiger partial charge in [-0.15, -0.1) is 0 Å². The standard InChI is InChI=1S/C26H23N5O6S2/c1-36-23-15-17(9-10-19(23)29-39(2,34)35)30-25(24(28-26(30)38)20-8-3-4-13-27-20)22-12-11-21(37-22)16-6-5-7-18(14-16)31(32)33/h3-15,24-25,29H,1-2H3,(H,28,38)/t24-,25-/m0/s1. The normalized spacial score (nSPS) is 17.1. The number of sulfonamides is 1. The van der Waals surface area contributed by atoms with Gasteiger partial charge in [-0.05, 0) is 48.6 Å². The second-order valence-corrected chi connectivity index (χ2v) is 10.9. The quantitative estimate of drug-likeness (QED) is 0.174. The van der Waals surface area contributed by atoms with E-state index >= 15 is 0 Å². The molecule has 0 spiro atoms. The molecule has 3 heterocycles. The average molecular weight is 566 g/mol. The maximum absolute atomic E-state index is 11.8. The van der Waals surface area contributed by atoms with Crippen molar-refractivity contribution in [2.75, 3.05) is 23.0 Å². The Kier molecular flexibility index (Phi) is 6.93. The molecular formula is C26H23N5O6S2. The van der Waals surface area contributed by atoms with Crippen LogP contribution in [0.4, 0.5) is 17.1 Å². The number of pyridine rings is 1. The molecule has 5 rings (SSSR count). The third kappa shape index (κ3) is 5.40. The summed E-state index contributed by atoms with van der Waals surface area (Å²) in [5.74, 6) is 1.30. The van der Waals surface area contributed by atoms with Gasteiger partial charge in [-0.3, -0.25) is 19.8 Å². The van der Waals surface area contributed by atoms with Gasteiger partial charge in [0, 0.05) is 35.6 Å². The number of nitrogens with zero attached hydrogens (tertiary/aromatic N) is 3. The Morgan fingerprint density at radius 3 is 2.64 bits per heavy atom. The predicted molar refractivity (Wildman–Crippen MR) is 150 cm³/mol. The number of nitro groups is 1. The summed E-state index contributed by atoms with van der Waals surface area (Å²) in [5.41, 5.74) is 2.15. The molecule has 39 heavy (non-hydrogen) atoms. The van der Waals surface area contributed by atoms with E-state index in [1.54, 1.807) is 48.7 Å². The summed E-state index contributed by atoms with van der Waals surface area (Å²) in [5, 5.41) is 15.0. The summed E-state index contributed by atoms with van der Waals surface area (Å²) >= 11 is 5.74. The van der Waals surface area contributed by atoms with Crippen LogP contribution in [0.2, 0.25) is 0 Å². The lowest BCUT2D eigenvalue weighted by atomic mass is 10.0. The van der Waals surface area contributed by atoms with E-state index in [1.807, 2.05) is 23.1 Å². The van der Waals surface area contributed by atoms with Gasteiger partial charge in [0.2, 0.25) is 10.0 Å². The van der Waals surface area contributed by atoms with E-state index in [0.717, 1.165) is 11.9 Å². The lowest BCUT2D eigenvalue weighted by molar-refractivity contribution is -0.384. The molecule has 2 N–H and O–H groups in total. The van der Waals surface area contributed by atoms with E-state index < -0.39 is 27.0 Å². The molecule has 0 saturated carbocycles. The van der Waals surface area contributed by atoms with Gasteiger partial charge >= 0.3 is 0 Å². The summed E-state index contributed by atoms with van der Waals surface area (Å²) in [6.07, 6.45) is 2.74. The van der Waals surface area contributed by atoms with Gasteiger partial charge in [-0.1, -0.05) is 18.2 Å². The van der Waals surface area contributed by atoms with Crippen LogP contribution >= 0.6 is 12.2 Å². The van der Waals surface area contributed by atoms with Crippen molar-refractivity contribution >= 4 is 44.4 Å². The van der Waals surface area contributed by atoms with E-state index in [1.165, 1.54) is 19.2 Å². The predicted octanol–water partition coefficient (Wildman–Crippen LogP) is 4.81. The van der Waals surface area contributed by atoms with Crippen LogP contribution in [-0.2, 0) is 10.0 Å². The van der Waals surface area contributed by atoms with Crippen LogP contribution < -0.4 is 19.7 Å². The largest absolute Gasteiger partial charge is 0.494 e. The number of furan rings is 1. The molecule has 11 nitrogen and oxygen atoms in total. The molecule has 0 radical (unpaired) electrons. The third-order valence-corrected chi connectivity index (χ3v) is 7.02. The number of benzene rings is 2. The van der Waals surface area contributed by atoms with Crippen molar-refractivity contribution in [1.29, 1.82) is 0 Å². The smallest absolute Gasteiger partial charge is 0.270 e. The molecule has 1 aliphatic rings. The number of hydrogen-bond acceptors (Lipinski definition) is 8. The van der Waals surface area contributed by atoms with Gasteiger partial charge in [-0.25, -0.2) is 8.42 Å². The number of aromatic nitrogens is 1. The van der Waals surface area contributed by atoms with Crippen molar-refractivity contribution in [2.24, 2.45) is 0 Å². The molecule has 0 bridgehead atoms. The summed E-state index contributed by atoms with van der Waals surface area (Å²) in [7, 11) is -2.09. The van der Waals surface area contributed by atoms with Gasteiger partial charge in [0.25, 0.3) is 5.69 Å². The third-order valence-electron chi connectivity index (χ3n) is 6.12. The summed E-state index contributed by atoms with van der Waals surface area (Å²) in [4.78, 5) is 17.2. The number of methoxy groups -OCH3 is 1. The first-order valence-electron chi connectivity index (χ1n) is 11.7. The molecule has 2 aromatic carbocycles. The zero-order chi connectivity index (χ0) is 27.7. The summed E-state index contributed by atoms with van der Waals surface area (Å²) < 4.78 is 37.8. The molecule has 2 atom stereocenters. The first kappa shape index (κ1) is 26.1. The number of ether oxygens (including phenoxy) is 1. The minimum atomic E-state index is -3.53. The average Bonchev–Trinajstić information content (AvgIpc) is 3.53. The second kappa shape index (κ2) is 10.3. The van der Waals surface area contributed by atoms with E-state index in [0.29, 0.717) is 33.6 Å². The lowest BCUT2D eigenvalue weighted by Gasteiger charge is -2.26. The molecule has 4 aromatic rings. The van der Waals surface area contributed by atoms with Gasteiger partial charge in [-0.2, -0.15) is 0 Å². The molecular weight excluding hydrogens is 542 g/mol. The lowest BCUT2D eigenvalue weighted by Crippen LogP contribution is -2.29. The first-order chi connectivity index (χ1) is 18.6. The number of hydrogen-bond donors (Lipinski definition) is 2. The van der Waals surface area contributed by atoms with Crippen LogP contribution in [0.5, 0.6) is 5.75 Å². The van der Waals surface area contributed by atoms with Gasteiger partial charge in [0.15, 0.2) is 5.11 Å². The minimum Gasteiger partial charge on any atom is -0.494 e. The number of thiocarbonyl (C=S) groups is 1. The molecule has 200 valence electrons. The zero-order valence-corrected chi connectivity index (χ0v) is 22.4. The Labute approximate surface area is 229 Å². The number of nitrogens with one attached hydrogen (secondary N) is 2. The van der Waals surface area contributed by atoms with Crippen LogP contribution in [0.15, 0.2) is 83.4 Å². The molecule has 13 heteroatoms. The number of nitro benzene ring substituents is 1. The zero-order valence-electron chi connectivity index (χ0n) is 20.8. The molecule has 0 amide bonds. The van der Waals surface area contributed by atoms with Crippen molar-refractivity contribution in [3.8, 4) is 17.1 Å². The Bertz CT molecular complexity index is 1660.